The zero-order valence-corrected chi connectivity index (χ0v) is 5.64. The molecule has 0 aliphatic carbocycles. The van der Waals surface area contributed by atoms with Crippen LogP contribution in [0.15, 0.2) is 10.8 Å². The molecule has 9 heavy (non-hydrogen) atoms. The first-order valence-corrected chi connectivity index (χ1v) is 2.89. The van der Waals surface area contributed by atoms with E-state index in [9.17, 15) is 0 Å². The van der Waals surface area contributed by atoms with Crippen LogP contribution in [-0.2, 0) is 6.54 Å². The first-order chi connectivity index (χ1) is 4.34. The molecule has 0 aliphatic rings. The van der Waals surface area contributed by atoms with Crippen molar-refractivity contribution < 1.29 is 4.52 Å². The molecule has 1 N–H and O–H groups in total. The molecule has 0 radical (unpaired) electrons. The van der Waals surface area contributed by atoms with Crippen LogP contribution in [-0.4, -0.2) is 12.2 Å². The highest BCUT2D eigenvalue weighted by atomic mass is 16.5. The molecule has 0 fully saturated rings. The number of nitrogens with zero attached hydrogens (tertiary/aromatic N) is 1. The molecule has 3 nitrogen and oxygen atoms in total. The van der Waals surface area contributed by atoms with Crippen LogP contribution in [0.5, 0.6) is 0 Å². The third kappa shape index (κ3) is 1.29. The summed E-state index contributed by atoms with van der Waals surface area (Å²) in [5, 5.41) is 6.76. The minimum absolute atomic E-state index is 0.780. The SMILES string of the molecule is CNCc1nocc1C. The Bertz CT molecular complexity index is 183. The number of hydrogen-bond acceptors (Lipinski definition) is 3. The van der Waals surface area contributed by atoms with E-state index >= 15 is 0 Å². The lowest BCUT2D eigenvalue weighted by Gasteiger charge is -1.91. The second kappa shape index (κ2) is 2.64. The fourth-order valence-electron chi connectivity index (χ4n) is 0.648. The standard InChI is InChI=1S/C6H10N2O/c1-5-4-9-8-6(5)3-7-2/h4,7H,3H2,1-2H3. The molecule has 50 valence electrons. The van der Waals surface area contributed by atoms with E-state index in [1.165, 1.54) is 0 Å². The van der Waals surface area contributed by atoms with E-state index in [4.69, 9.17) is 4.52 Å². The summed E-state index contributed by atoms with van der Waals surface area (Å²) in [6.45, 7) is 2.76. The zero-order valence-electron chi connectivity index (χ0n) is 5.64. The third-order valence-electron chi connectivity index (χ3n) is 1.19. The van der Waals surface area contributed by atoms with Crippen LogP contribution in [0, 0.1) is 6.92 Å². The predicted molar refractivity (Wildman–Crippen MR) is 34.0 cm³/mol. The zero-order chi connectivity index (χ0) is 6.69. The summed E-state index contributed by atoms with van der Waals surface area (Å²) in [4.78, 5) is 0. The Hall–Kier alpha value is -0.830. The summed E-state index contributed by atoms with van der Waals surface area (Å²) in [5.74, 6) is 0. The molecular weight excluding hydrogens is 116 g/mol. The quantitative estimate of drug-likeness (QED) is 0.634. The Morgan fingerprint density at radius 2 is 2.56 bits per heavy atom. The summed E-state index contributed by atoms with van der Waals surface area (Å²) in [5.41, 5.74) is 2.09. The van der Waals surface area contributed by atoms with Gasteiger partial charge in [-0.3, -0.25) is 0 Å². The van der Waals surface area contributed by atoms with Crippen molar-refractivity contribution >= 4 is 0 Å². The van der Waals surface area contributed by atoms with Crippen LogP contribution in [0.1, 0.15) is 11.3 Å². The van der Waals surface area contributed by atoms with E-state index in [1.807, 2.05) is 14.0 Å². The van der Waals surface area contributed by atoms with E-state index in [0.29, 0.717) is 0 Å². The largest absolute Gasteiger partial charge is 0.364 e. The molecule has 0 unspecified atom stereocenters. The monoisotopic (exact) mass is 126 g/mol. The summed E-state index contributed by atoms with van der Waals surface area (Å²) in [6, 6.07) is 0. The Kier molecular flexibility index (Phi) is 1.85. The van der Waals surface area contributed by atoms with Crippen LogP contribution < -0.4 is 5.32 Å². The fraction of sp³-hybridized carbons (Fsp3) is 0.500. The van der Waals surface area contributed by atoms with Gasteiger partial charge in [0.15, 0.2) is 0 Å². The second-order valence-corrected chi connectivity index (χ2v) is 1.97. The Balaban J connectivity index is 2.69. The van der Waals surface area contributed by atoms with Crippen molar-refractivity contribution in [1.82, 2.24) is 10.5 Å². The smallest absolute Gasteiger partial charge is 0.127 e. The molecular formula is C6H10N2O. The Labute approximate surface area is 54.0 Å². The van der Waals surface area contributed by atoms with Gasteiger partial charge in [0.1, 0.15) is 12.0 Å². The number of aryl methyl sites for hydroxylation is 1. The van der Waals surface area contributed by atoms with Gasteiger partial charge in [-0.2, -0.15) is 0 Å². The summed E-state index contributed by atoms with van der Waals surface area (Å²) < 4.78 is 4.71. The van der Waals surface area contributed by atoms with E-state index in [1.54, 1.807) is 6.26 Å². The van der Waals surface area contributed by atoms with Gasteiger partial charge in [-0.25, -0.2) is 0 Å². The van der Waals surface area contributed by atoms with Crippen molar-refractivity contribution in [1.29, 1.82) is 0 Å². The lowest BCUT2D eigenvalue weighted by molar-refractivity contribution is 0.409. The van der Waals surface area contributed by atoms with Crippen LogP contribution in [0.3, 0.4) is 0 Å². The normalized spacial score (nSPS) is 10.0. The molecule has 1 rings (SSSR count). The lowest BCUT2D eigenvalue weighted by atomic mass is 10.3. The Morgan fingerprint density at radius 3 is 3.00 bits per heavy atom. The van der Waals surface area contributed by atoms with E-state index in [0.717, 1.165) is 17.8 Å². The predicted octanol–water partition coefficient (Wildman–Crippen LogP) is 0.702. The van der Waals surface area contributed by atoms with Crippen molar-refractivity contribution in [3.8, 4) is 0 Å². The molecule has 0 aliphatic heterocycles. The Morgan fingerprint density at radius 1 is 1.78 bits per heavy atom. The number of rotatable bonds is 2. The van der Waals surface area contributed by atoms with Gasteiger partial charge in [0, 0.05) is 12.1 Å². The summed E-state index contributed by atoms with van der Waals surface area (Å²) in [7, 11) is 1.88. The highest BCUT2D eigenvalue weighted by Gasteiger charge is 1.98. The van der Waals surface area contributed by atoms with Gasteiger partial charge in [0.25, 0.3) is 0 Å². The van der Waals surface area contributed by atoms with E-state index < -0.39 is 0 Å². The van der Waals surface area contributed by atoms with Gasteiger partial charge in [-0.1, -0.05) is 5.16 Å². The molecule has 0 atom stereocenters. The van der Waals surface area contributed by atoms with Crippen molar-refractivity contribution in [2.45, 2.75) is 13.5 Å². The molecule has 1 heterocycles. The van der Waals surface area contributed by atoms with Crippen molar-refractivity contribution in [2.75, 3.05) is 7.05 Å². The number of hydrogen-bond donors (Lipinski definition) is 1. The lowest BCUT2D eigenvalue weighted by Crippen LogP contribution is -2.06. The number of aromatic nitrogens is 1. The minimum atomic E-state index is 0.780. The van der Waals surface area contributed by atoms with Crippen molar-refractivity contribution in [2.24, 2.45) is 0 Å². The molecule has 1 aromatic heterocycles. The van der Waals surface area contributed by atoms with Crippen LogP contribution >= 0.6 is 0 Å². The highest BCUT2D eigenvalue weighted by molar-refractivity contribution is 5.11. The summed E-state index contributed by atoms with van der Waals surface area (Å²) in [6.07, 6.45) is 1.65. The third-order valence-corrected chi connectivity index (χ3v) is 1.19. The fourth-order valence-corrected chi connectivity index (χ4v) is 0.648. The first-order valence-electron chi connectivity index (χ1n) is 2.89. The maximum Gasteiger partial charge on any atom is 0.127 e. The average molecular weight is 126 g/mol. The topological polar surface area (TPSA) is 38.1 Å². The molecule has 0 saturated carbocycles. The van der Waals surface area contributed by atoms with Gasteiger partial charge >= 0.3 is 0 Å². The molecule has 0 bridgehead atoms. The molecule has 0 amide bonds. The molecule has 0 saturated heterocycles. The summed E-state index contributed by atoms with van der Waals surface area (Å²) >= 11 is 0. The van der Waals surface area contributed by atoms with E-state index in [-0.39, 0.29) is 0 Å². The minimum Gasteiger partial charge on any atom is -0.364 e. The van der Waals surface area contributed by atoms with Crippen molar-refractivity contribution in [3.05, 3.63) is 17.5 Å². The van der Waals surface area contributed by atoms with Crippen LogP contribution in [0.4, 0.5) is 0 Å². The molecule has 0 aromatic carbocycles. The van der Waals surface area contributed by atoms with Crippen molar-refractivity contribution in [3.63, 3.8) is 0 Å². The van der Waals surface area contributed by atoms with E-state index in [2.05, 4.69) is 10.5 Å². The van der Waals surface area contributed by atoms with Crippen LogP contribution in [0.2, 0.25) is 0 Å². The van der Waals surface area contributed by atoms with Gasteiger partial charge in [-0.05, 0) is 14.0 Å². The van der Waals surface area contributed by atoms with Gasteiger partial charge in [0.2, 0.25) is 0 Å². The highest BCUT2D eigenvalue weighted by Crippen LogP contribution is 2.02. The second-order valence-electron chi connectivity index (χ2n) is 1.97. The van der Waals surface area contributed by atoms with Gasteiger partial charge < -0.3 is 9.84 Å². The van der Waals surface area contributed by atoms with Gasteiger partial charge in [0.05, 0.1) is 0 Å². The maximum absolute atomic E-state index is 4.71. The maximum atomic E-state index is 4.71. The molecule has 1 aromatic rings. The molecule has 3 heteroatoms. The number of nitrogens with one attached hydrogen (secondary N) is 1. The van der Waals surface area contributed by atoms with Gasteiger partial charge in [-0.15, -0.1) is 0 Å². The van der Waals surface area contributed by atoms with Crippen LogP contribution in [0.25, 0.3) is 0 Å². The average Bonchev–Trinajstić information content (AvgIpc) is 2.18. The molecule has 0 spiro atoms. The first kappa shape index (κ1) is 6.29.